The van der Waals surface area contributed by atoms with Gasteiger partial charge in [0.05, 0.1) is 43.3 Å². The van der Waals surface area contributed by atoms with Gasteiger partial charge in [0, 0.05) is 19.7 Å². The SMILES string of the molecule is COc1ccc(S(=O)(=O)N(C[C@@H](O)[C@H](Cc2ccccc2)NC(=O)OC2CO[C@H]3OCC[C@@H]23)CC(C)(C)CCOCP(=O)(O)O)cc1. The first-order valence-electron chi connectivity index (χ1n) is 15.4. The zero-order valence-corrected chi connectivity index (χ0v) is 28.5. The number of methoxy groups -OCH3 is 1. The molecule has 2 aliphatic heterocycles. The monoisotopic (exact) mass is 700 g/mol. The van der Waals surface area contributed by atoms with E-state index in [1.807, 2.05) is 30.3 Å². The Hall–Kier alpha value is -2.59. The van der Waals surface area contributed by atoms with Crippen LogP contribution in [0.2, 0.25) is 0 Å². The van der Waals surface area contributed by atoms with Gasteiger partial charge in [0.1, 0.15) is 18.2 Å². The number of aliphatic hydroxyl groups is 1. The van der Waals surface area contributed by atoms with Crippen LogP contribution in [0.5, 0.6) is 5.75 Å². The molecule has 2 aromatic carbocycles. The number of benzene rings is 2. The third-order valence-corrected chi connectivity index (χ3v) is 10.5. The van der Waals surface area contributed by atoms with Crippen molar-refractivity contribution in [3.8, 4) is 5.75 Å². The molecule has 2 saturated heterocycles. The number of amides is 1. The first kappa shape index (κ1) is 37.2. The summed E-state index contributed by atoms with van der Waals surface area (Å²) in [5.41, 5.74) is 0.0510. The van der Waals surface area contributed by atoms with E-state index in [2.05, 4.69) is 5.32 Å². The number of nitrogens with one attached hydrogen (secondary N) is 1. The van der Waals surface area contributed by atoms with Crippen molar-refractivity contribution < 1.29 is 56.4 Å². The third kappa shape index (κ3) is 11.0. The lowest BCUT2D eigenvalue weighted by Crippen LogP contribution is -2.52. The highest BCUT2D eigenvalue weighted by atomic mass is 32.2. The second-order valence-corrected chi connectivity index (χ2v) is 16.1. The van der Waals surface area contributed by atoms with Crippen LogP contribution in [0.1, 0.15) is 32.3 Å². The molecule has 0 bridgehead atoms. The molecule has 14 nitrogen and oxygen atoms in total. The number of ether oxygens (including phenoxy) is 5. The summed E-state index contributed by atoms with van der Waals surface area (Å²) in [4.78, 5) is 31.3. The van der Waals surface area contributed by atoms with Crippen LogP contribution < -0.4 is 10.1 Å². The molecule has 2 fully saturated rings. The fourth-order valence-electron chi connectivity index (χ4n) is 5.59. The van der Waals surface area contributed by atoms with Crippen molar-refractivity contribution in [3.63, 3.8) is 0 Å². The summed E-state index contributed by atoms with van der Waals surface area (Å²) in [7, 11) is -7.09. The molecule has 4 N–H and O–H groups in total. The summed E-state index contributed by atoms with van der Waals surface area (Å²) in [5.74, 6) is 0.378. The van der Waals surface area contributed by atoms with Gasteiger partial charge in [-0.05, 0) is 54.5 Å². The van der Waals surface area contributed by atoms with Crippen LogP contribution in [0.15, 0.2) is 59.5 Å². The molecule has 0 aromatic heterocycles. The van der Waals surface area contributed by atoms with Crippen LogP contribution in [0.25, 0.3) is 0 Å². The van der Waals surface area contributed by atoms with Crippen molar-refractivity contribution in [2.45, 2.75) is 62.5 Å². The van der Waals surface area contributed by atoms with Gasteiger partial charge in [0.2, 0.25) is 10.0 Å². The van der Waals surface area contributed by atoms with Crippen molar-refractivity contribution in [1.29, 1.82) is 0 Å². The zero-order chi connectivity index (χ0) is 34.2. The van der Waals surface area contributed by atoms with Gasteiger partial charge < -0.3 is 43.9 Å². The van der Waals surface area contributed by atoms with Gasteiger partial charge in [0.15, 0.2) is 6.29 Å². The van der Waals surface area contributed by atoms with Crippen LogP contribution in [0, 0.1) is 11.3 Å². The Morgan fingerprint density at radius 1 is 1.13 bits per heavy atom. The molecule has 5 atom stereocenters. The summed E-state index contributed by atoms with van der Waals surface area (Å²) < 4.78 is 67.5. The number of hydrogen-bond donors (Lipinski definition) is 4. The Balaban J connectivity index is 1.54. The number of sulfonamides is 1. The molecule has 47 heavy (non-hydrogen) atoms. The van der Waals surface area contributed by atoms with E-state index in [4.69, 9.17) is 33.5 Å². The number of fused-ring (bicyclic) bond motifs is 1. The Morgan fingerprint density at radius 2 is 1.83 bits per heavy atom. The average molecular weight is 701 g/mol. The van der Waals surface area contributed by atoms with E-state index in [-0.39, 0.29) is 50.0 Å². The van der Waals surface area contributed by atoms with Crippen molar-refractivity contribution in [3.05, 3.63) is 60.2 Å². The van der Waals surface area contributed by atoms with Gasteiger partial charge in [-0.2, -0.15) is 4.31 Å². The van der Waals surface area contributed by atoms with Gasteiger partial charge in [-0.3, -0.25) is 4.57 Å². The Labute approximate surface area is 275 Å². The number of hydrogen-bond acceptors (Lipinski definition) is 10. The van der Waals surface area contributed by atoms with E-state index >= 15 is 0 Å². The standard InChI is InChI=1S/C31H45N2O12PS/c1-31(2,14-16-42-21-46(36,37)38)20-33(47(39,40)24-11-9-23(41-3)10-12-24)18-27(34)26(17-22-7-5-4-6-8-22)32-30(35)45-28-19-44-29-25(28)13-15-43-29/h4-12,25-29,34H,13-21H2,1-3H3,(H,32,35)(H2,36,37,38)/t25-,26-,27+,28?,29+/m0/s1. The third-order valence-electron chi connectivity index (χ3n) is 8.18. The first-order valence-corrected chi connectivity index (χ1v) is 18.6. The molecule has 1 amide bonds. The molecule has 2 aromatic rings. The summed E-state index contributed by atoms with van der Waals surface area (Å²) in [6.45, 7) is 3.78. The predicted octanol–water partition coefficient (Wildman–Crippen LogP) is 2.71. The minimum absolute atomic E-state index is 0.0272. The maximum absolute atomic E-state index is 14.0. The average Bonchev–Trinajstić information content (AvgIpc) is 3.64. The van der Waals surface area contributed by atoms with Gasteiger partial charge in [0.25, 0.3) is 0 Å². The molecule has 16 heteroatoms. The van der Waals surface area contributed by atoms with E-state index in [1.165, 1.54) is 31.4 Å². The van der Waals surface area contributed by atoms with Crippen LogP contribution in [0.4, 0.5) is 4.79 Å². The first-order chi connectivity index (χ1) is 22.2. The lowest BCUT2D eigenvalue weighted by molar-refractivity contribution is -0.0907. The van der Waals surface area contributed by atoms with Crippen molar-refractivity contribution >= 4 is 23.7 Å². The molecule has 1 unspecified atom stereocenters. The molecule has 0 radical (unpaired) electrons. The highest BCUT2D eigenvalue weighted by molar-refractivity contribution is 7.89. The normalized spacial score (nSPS) is 21.3. The van der Waals surface area contributed by atoms with Crippen molar-refractivity contribution in [1.82, 2.24) is 9.62 Å². The minimum atomic E-state index is -4.36. The summed E-state index contributed by atoms with van der Waals surface area (Å²) in [5, 5.41) is 14.4. The van der Waals surface area contributed by atoms with E-state index in [0.717, 1.165) is 9.87 Å². The molecule has 0 spiro atoms. The summed E-state index contributed by atoms with van der Waals surface area (Å²) in [6.07, 6.45) is -2.69. The number of alkyl carbamates (subject to hydrolysis) is 1. The smallest absolute Gasteiger partial charge is 0.407 e. The van der Waals surface area contributed by atoms with E-state index in [1.54, 1.807) is 13.8 Å². The van der Waals surface area contributed by atoms with Gasteiger partial charge in [-0.15, -0.1) is 0 Å². The fraction of sp³-hybridized carbons (Fsp3) is 0.581. The number of carbonyl (C=O) groups is 1. The largest absolute Gasteiger partial charge is 0.497 e. The highest BCUT2D eigenvalue weighted by Gasteiger charge is 2.44. The molecular formula is C31H45N2O12PS. The lowest BCUT2D eigenvalue weighted by Gasteiger charge is -2.35. The summed E-state index contributed by atoms with van der Waals surface area (Å²) >= 11 is 0. The Kier molecular flexibility index (Phi) is 12.8. The van der Waals surface area contributed by atoms with Crippen LogP contribution >= 0.6 is 7.60 Å². The fourth-order valence-corrected chi connectivity index (χ4v) is 7.60. The van der Waals surface area contributed by atoms with Gasteiger partial charge >= 0.3 is 13.7 Å². The van der Waals surface area contributed by atoms with Crippen LogP contribution in [0.3, 0.4) is 0 Å². The topological polar surface area (TPSA) is 190 Å². The van der Waals surface area contributed by atoms with Gasteiger partial charge in [-0.1, -0.05) is 44.2 Å². The van der Waals surface area contributed by atoms with E-state index in [9.17, 15) is 22.9 Å². The Morgan fingerprint density at radius 3 is 2.49 bits per heavy atom. The van der Waals surface area contributed by atoms with Gasteiger partial charge in [-0.25, -0.2) is 13.2 Å². The van der Waals surface area contributed by atoms with E-state index in [0.29, 0.717) is 18.8 Å². The second-order valence-electron chi connectivity index (χ2n) is 12.6. The van der Waals surface area contributed by atoms with E-state index < -0.39 is 60.0 Å². The Bertz CT molecular complexity index is 1450. The molecule has 2 aliphatic rings. The maximum atomic E-state index is 14.0. The molecule has 4 rings (SSSR count). The summed E-state index contributed by atoms with van der Waals surface area (Å²) in [6, 6.07) is 14.1. The number of aliphatic hydroxyl groups excluding tert-OH is 1. The van der Waals surface area contributed by atoms with Crippen LogP contribution in [-0.4, -0.2) is 105 Å². The second kappa shape index (κ2) is 16.2. The molecular weight excluding hydrogens is 655 g/mol. The maximum Gasteiger partial charge on any atom is 0.407 e. The molecule has 0 aliphatic carbocycles. The number of nitrogens with zero attached hydrogens (tertiary/aromatic N) is 1. The predicted molar refractivity (Wildman–Crippen MR) is 170 cm³/mol. The molecule has 2 heterocycles. The number of carbonyl (C=O) groups excluding carboxylic acids is 1. The lowest BCUT2D eigenvalue weighted by atomic mass is 9.89. The van der Waals surface area contributed by atoms with Crippen molar-refractivity contribution in [2.75, 3.05) is 46.4 Å². The van der Waals surface area contributed by atoms with Crippen LogP contribution in [-0.2, 0) is 40.0 Å². The highest BCUT2D eigenvalue weighted by Crippen LogP contribution is 2.35. The quantitative estimate of drug-likeness (QED) is 0.140. The number of rotatable bonds is 17. The molecule has 0 saturated carbocycles. The zero-order valence-electron chi connectivity index (χ0n) is 26.8. The van der Waals surface area contributed by atoms with Crippen molar-refractivity contribution in [2.24, 2.45) is 11.3 Å². The minimum Gasteiger partial charge on any atom is -0.497 e. The molecule has 262 valence electrons.